The number of halogens is 1. The Morgan fingerprint density at radius 1 is 1.45 bits per heavy atom. The number of hydrogen-bond donors (Lipinski definition) is 0. The second-order valence-electron chi connectivity index (χ2n) is 4.99. The van der Waals surface area contributed by atoms with Gasteiger partial charge in [0.1, 0.15) is 0 Å². The van der Waals surface area contributed by atoms with Gasteiger partial charge in [0.05, 0.1) is 28.8 Å². The highest BCUT2D eigenvalue weighted by molar-refractivity contribution is 6.38. The maximum atomic E-state index is 11.8. The minimum atomic E-state index is -0.457. The van der Waals surface area contributed by atoms with Gasteiger partial charge in [0.15, 0.2) is 5.65 Å². The molecule has 0 bridgehead atoms. The number of rotatable bonds is 5. The first-order chi connectivity index (χ1) is 9.54. The van der Waals surface area contributed by atoms with Crippen LogP contribution in [0.15, 0.2) is 12.4 Å². The molecule has 0 aliphatic heterocycles. The van der Waals surface area contributed by atoms with Crippen LogP contribution < -0.4 is 0 Å². The fourth-order valence-electron chi connectivity index (χ4n) is 1.89. The predicted octanol–water partition coefficient (Wildman–Crippen LogP) is 3.31. The zero-order valence-corrected chi connectivity index (χ0v) is 12.6. The van der Waals surface area contributed by atoms with Crippen LogP contribution in [-0.2, 0) is 11.3 Å². The highest BCUT2D eigenvalue weighted by atomic mass is 35.5. The lowest BCUT2D eigenvalue weighted by atomic mass is 10.1. The molecule has 0 atom stereocenters. The average molecular weight is 296 g/mol. The number of ether oxygens (including phenoxy) is 1. The smallest absolute Gasteiger partial charge is 0.341 e. The summed E-state index contributed by atoms with van der Waals surface area (Å²) in [5.41, 5.74) is 0.980. The number of nitrogens with zero attached hydrogens (tertiary/aromatic N) is 3. The molecule has 0 aromatic carbocycles. The Morgan fingerprint density at radius 2 is 2.20 bits per heavy atom. The lowest BCUT2D eigenvalue weighted by Gasteiger charge is -2.07. The summed E-state index contributed by atoms with van der Waals surface area (Å²) in [6, 6.07) is 0. The van der Waals surface area contributed by atoms with Gasteiger partial charge < -0.3 is 4.74 Å². The van der Waals surface area contributed by atoms with E-state index < -0.39 is 5.97 Å². The first-order valence-corrected chi connectivity index (χ1v) is 7.09. The predicted molar refractivity (Wildman–Crippen MR) is 77.9 cm³/mol. The minimum absolute atomic E-state index is 0.282. The summed E-state index contributed by atoms with van der Waals surface area (Å²) in [5.74, 6) is 0.130. The van der Waals surface area contributed by atoms with E-state index in [9.17, 15) is 4.79 Å². The molecule has 5 nitrogen and oxygen atoms in total. The van der Waals surface area contributed by atoms with Crippen molar-refractivity contribution in [1.29, 1.82) is 0 Å². The molecule has 2 aromatic heterocycles. The summed E-state index contributed by atoms with van der Waals surface area (Å²) in [4.78, 5) is 16.1. The van der Waals surface area contributed by atoms with Crippen LogP contribution in [-0.4, -0.2) is 27.3 Å². The van der Waals surface area contributed by atoms with E-state index in [1.165, 1.54) is 6.20 Å². The van der Waals surface area contributed by atoms with Crippen molar-refractivity contribution in [2.75, 3.05) is 6.61 Å². The largest absolute Gasteiger partial charge is 0.462 e. The van der Waals surface area contributed by atoms with E-state index in [1.807, 2.05) is 4.68 Å². The molecule has 20 heavy (non-hydrogen) atoms. The first-order valence-electron chi connectivity index (χ1n) is 6.71. The molecule has 0 saturated carbocycles. The van der Waals surface area contributed by atoms with Gasteiger partial charge in [0.25, 0.3) is 0 Å². The maximum Gasteiger partial charge on any atom is 0.341 e. The molecule has 0 N–H and O–H groups in total. The van der Waals surface area contributed by atoms with Gasteiger partial charge in [0, 0.05) is 12.7 Å². The number of pyridine rings is 1. The molecule has 0 saturated heterocycles. The normalized spacial score (nSPS) is 11.2. The zero-order valence-electron chi connectivity index (χ0n) is 11.9. The third-order valence-corrected chi connectivity index (χ3v) is 3.42. The third-order valence-electron chi connectivity index (χ3n) is 3.01. The number of hydrogen-bond acceptors (Lipinski definition) is 4. The Labute approximate surface area is 122 Å². The van der Waals surface area contributed by atoms with E-state index >= 15 is 0 Å². The van der Waals surface area contributed by atoms with Gasteiger partial charge in [-0.25, -0.2) is 14.5 Å². The van der Waals surface area contributed by atoms with Gasteiger partial charge in [-0.15, -0.1) is 0 Å². The number of carbonyl (C=O) groups is 1. The van der Waals surface area contributed by atoms with Crippen molar-refractivity contribution in [2.45, 2.75) is 33.7 Å². The summed E-state index contributed by atoms with van der Waals surface area (Å²) in [7, 11) is 0. The second-order valence-corrected chi connectivity index (χ2v) is 5.37. The van der Waals surface area contributed by atoms with Crippen LogP contribution in [0.2, 0.25) is 5.02 Å². The summed E-state index contributed by atoms with van der Waals surface area (Å²) in [6.07, 6.45) is 4.11. The highest BCUT2D eigenvalue weighted by Crippen LogP contribution is 2.26. The van der Waals surface area contributed by atoms with Crippen LogP contribution in [0.5, 0.6) is 0 Å². The van der Waals surface area contributed by atoms with Gasteiger partial charge in [-0.2, -0.15) is 5.10 Å². The Hall–Kier alpha value is -1.62. The summed E-state index contributed by atoms with van der Waals surface area (Å²) < 4.78 is 6.77. The van der Waals surface area contributed by atoms with E-state index in [2.05, 4.69) is 23.9 Å². The van der Waals surface area contributed by atoms with Crippen molar-refractivity contribution < 1.29 is 9.53 Å². The monoisotopic (exact) mass is 295 g/mol. The van der Waals surface area contributed by atoms with Crippen molar-refractivity contribution in [3.8, 4) is 0 Å². The van der Waals surface area contributed by atoms with Crippen LogP contribution >= 0.6 is 11.6 Å². The van der Waals surface area contributed by atoms with Gasteiger partial charge in [-0.3, -0.25) is 0 Å². The molecule has 2 aromatic rings. The van der Waals surface area contributed by atoms with Crippen molar-refractivity contribution in [1.82, 2.24) is 14.8 Å². The number of fused-ring (bicyclic) bond motifs is 1. The summed E-state index contributed by atoms with van der Waals surface area (Å²) >= 11 is 6.25. The van der Waals surface area contributed by atoms with Gasteiger partial charge in [-0.1, -0.05) is 25.4 Å². The molecule has 0 radical (unpaired) electrons. The molecule has 6 heteroatoms. The second kappa shape index (κ2) is 6.22. The van der Waals surface area contributed by atoms with Crippen LogP contribution in [0.4, 0.5) is 0 Å². The molecule has 0 fully saturated rings. The topological polar surface area (TPSA) is 57.0 Å². The molecule has 0 spiro atoms. The quantitative estimate of drug-likeness (QED) is 0.794. The lowest BCUT2D eigenvalue weighted by molar-refractivity contribution is 0.0526. The first kappa shape index (κ1) is 14.8. The maximum absolute atomic E-state index is 11.8. The summed E-state index contributed by atoms with van der Waals surface area (Å²) in [5, 5.41) is 5.32. The SMILES string of the molecule is CCOC(=O)c1cnc2c(cnn2CCC(C)C)c1Cl. The van der Waals surface area contributed by atoms with Crippen molar-refractivity contribution >= 4 is 28.6 Å². The van der Waals surface area contributed by atoms with E-state index in [0.717, 1.165) is 13.0 Å². The Morgan fingerprint density at radius 3 is 2.85 bits per heavy atom. The van der Waals surface area contributed by atoms with E-state index in [0.29, 0.717) is 28.6 Å². The van der Waals surface area contributed by atoms with Crippen LogP contribution in [0.3, 0.4) is 0 Å². The van der Waals surface area contributed by atoms with Crippen molar-refractivity contribution in [3.05, 3.63) is 23.0 Å². The molecular formula is C14H18ClN3O2. The van der Waals surface area contributed by atoms with Gasteiger partial charge in [-0.05, 0) is 19.3 Å². The molecule has 0 unspecified atom stereocenters. The standard InChI is InChI=1S/C14H18ClN3O2/c1-4-20-14(19)11-7-16-13-10(12(11)15)8-17-18(13)6-5-9(2)3/h7-9H,4-6H2,1-3H3. The van der Waals surface area contributed by atoms with Crippen LogP contribution in [0.25, 0.3) is 11.0 Å². The van der Waals surface area contributed by atoms with E-state index in [4.69, 9.17) is 16.3 Å². The molecule has 0 amide bonds. The number of aryl methyl sites for hydroxylation is 1. The number of aromatic nitrogens is 3. The van der Waals surface area contributed by atoms with Gasteiger partial charge >= 0.3 is 5.97 Å². The molecule has 2 rings (SSSR count). The Balaban J connectivity index is 2.35. The van der Waals surface area contributed by atoms with Crippen molar-refractivity contribution in [3.63, 3.8) is 0 Å². The molecule has 2 heterocycles. The molecule has 108 valence electrons. The molecule has 0 aliphatic carbocycles. The Kier molecular flexibility index (Phi) is 4.60. The van der Waals surface area contributed by atoms with Crippen molar-refractivity contribution in [2.24, 2.45) is 5.92 Å². The summed E-state index contributed by atoms with van der Waals surface area (Å²) in [6.45, 7) is 7.15. The fourth-order valence-corrected chi connectivity index (χ4v) is 2.15. The Bertz CT molecular complexity index is 622. The van der Waals surface area contributed by atoms with E-state index in [-0.39, 0.29) is 5.56 Å². The average Bonchev–Trinajstić information content (AvgIpc) is 2.81. The zero-order chi connectivity index (χ0) is 14.7. The number of esters is 1. The highest BCUT2D eigenvalue weighted by Gasteiger charge is 2.17. The number of carbonyl (C=O) groups excluding carboxylic acids is 1. The van der Waals surface area contributed by atoms with Crippen LogP contribution in [0, 0.1) is 5.92 Å². The lowest BCUT2D eigenvalue weighted by Crippen LogP contribution is -2.07. The minimum Gasteiger partial charge on any atom is -0.462 e. The fraction of sp³-hybridized carbons (Fsp3) is 0.500. The van der Waals surface area contributed by atoms with Gasteiger partial charge in [0.2, 0.25) is 0 Å². The van der Waals surface area contributed by atoms with Crippen LogP contribution in [0.1, 0.15) is 37.6 Å². The molecule has 0 aliphatic rings. The molecular weight excluding hydrogens is 278 g/mol. The van der Waals surface area contributed by atoms with E-state index in [1.54, 1.807) is 13.1 Å². The third kappa shape index (κ3) is 2.93.